The van der Waals surface area contributed by atoms with Gasteiger partial charge in [-0.25, -0.2) is 9.78 Å². The van der Waals surface area contributed by atoms with E-state index in [0.717, 1.165) is 0 Å². The average Bonchev–Trinajstić information content (AvgIpc) is 2.29. The summed E-state index contributed by atoms with van der Waals surface area (Å²) in [6.45, 7) is 7.52. The third-order valence-corrected chi connectivity index (χ3v) is 3.34. The molecule has 1 aromatic heterocycles. The highest BCUT2D eigenvalue weighted by Gasteiger charge is 2.33. The molecule has 1 aliphatic rings. The Bertz CT molecular complexity index is 527. The van der Waals surface area contributed by atoms with Gasteiger partial charge >= 0.3 is 6.09 Å². The zero-order chi connectivity index (χ0) is 15.6. The molecule has 1 amide bonds. The van der Waals surface area contributed by atoms with Crippen LogP contribution in [0.4, 0.5) is 10.6 Å². The molecule has 8 heteroatoms. The predicted octanol–water partition coefficient (Wildman–Crippen LogP) is 3.06. The van der Waals surface area contributed by atoms with Crippen molar-refractivity contribution in [1.82, 2.24) is 14.9 Å². The SMILES string of the molecule is CC(C)(C)OC(=O)N1CC(CNc2nc(Cl)ncc2Cl)C1. The first kappa shape index (κ1) is 16.1. The number of hydrogen-bond acceptors (Lipinski definition) is 5. The summed E-state index contributed by atoms with van der Waals surface area (Å²) in [5.74, 6) is 0.842. The molecule has 1 fully saturated rings. The molecule has 0 bridgehead atoms. The lowest BCUT2D eigenvalue weighted by Crippen LogP contribution is -2.53. The molecule has 0 aromatic carbocycles. The van der Waals surface area contributed by atoms with Gasteiger partial charge in [-0.3, -0.25) is 0 Å². The quantitative estimate of drug-likeness (QED) is 0.861. The minimum atomic E-state index is -0.467. The maximum atomic E-state index is 11.8. The zero-order valence-electron chi connectivity index (χ0n) is 12.2. The molecular formula is C13H18Cl2N4O2. The topological polar surface area (TPSA) is 67.3 Å². The lowest BCUT2D eigenvalue weighted by Gasteiger charge is -2.39. The molecule has 2 rings (SSSR count). The van der Waals surface area contributed by atoms with Crippen molar-refractivity contribution >= 4 is 35.1 Å². The Balaban J connectivity index is 1.76. The lowest BCUT2D eigenvalue weighted by molar-refractivity contribution is 0.000840. The van der Waals surface area contributed by atoms with Gasteiger partial charge in [0.15, 0.2) is 0 Å². The minimum absolute atomic E-state index is 0.144. The van der Waals surface area contributed by atoms with E-state index in [0.29, 0.717) is 36.4 Å². The number of halogens is 2. The number of carbonyl (C=O) groups is 1. The summed E-state index contributed by atoms with van der Waals surface area (Å²) in [6.07, 6.45) is 1.18. The second kappa shape index (κ2) is 6.23. The molecule has 0 aliphatic carbocycles. The van der Waals surface area contributed by atoms with Gasteiger partial charge in [-0.15, -0.1) is 0 Å². The molecular weight excluding hydrogens is 315 g/mol. The van der Waals surface area contributed by atoms with Crippen LogP contribution in [0.3, 0.4) is 0 Å². The fourth-order valence-electron chi connectivity index (χ4n) is 1.89. The molecule has 1 saturated heterocycles. The van der Waals surface area contributed by atoms with Gasteiger partial charge in [0.2, 0.25) is 5.28 Å². The summed E-state index contributed by atoms with van der Waals surface area (Å²) in [6, 6.07) is 0. The van der Waals surface area contributed by atoms with E-state index in [9.17, 15) is 4.79 Å². The number of likely N-dealkylation sites (tertiary alicyclic amines) is 1. The summed E-state index contributed by atoms with van der Waals surface area (Å²) < 4.78 is 5.29. The van der Waals surface area contributed by atoms with E-state index >= 15 is 0 Å². The molecule has 116 valence electrons. The number of ether oxygens (including phenoxy) is 1. The van der Waals surface area contributed by atoms with Crippen molar-refractivity contribution in [3.05, 3.63) is 16.5 Å². The summed E-state index contributed by atoms with van der Waals surface area (Å²) >= 11 is 11.7. The minimum Gasteiger partial charge on any atom is -0.444 e. The zero-order valence-corrected chi connectivity index (χ0v) is 13.7. The molecule has 1 N–H and O–H groups in total. The van der Waals surface area contributed by atoms with E-state index in [2.05, 4.69) is 15.3 Å². The Kier molecular flexibility index (Phi) is 4.78. The van der Waals surface area contributed by atoms with E-state index in [4.69, 9.17) is 27.9 Å². The van der Waals surface area contributed by atoms with E-state index < -0.39 is 5.60 Å². The Morgan fingerprint density at radius 3 is 2.76 bits per heavy atom. The molecule has 0 radical (unpaired) electrons. The lowest BCUT2D eigenvalue weighted by atomic mass is 10.0. The van der Waals surface area contributed by atoms with E-state index in [1.165, 1.54) is 6.20 Å². The van der Waals surface area contributed by atoms with Crippen LogP contribution in [0.25, 0.3) is 0 Å². The molecule has 21 heavy (non-hydrogen) atoms. The molecule has 1 aliphatic heterocycles. The van der Waals surface area contributed by atoms with Gasteiger partial charge in [0.1, 0.15) is 16.4 Å². The van der Waals surface area contributed by atoms with Crippen molar-refractivity contribution < 1.29 is 9.53 Å². The molecule has 0 unspecified atom stereocenters. The van der Waals surface area contributed by atoms with Crippen LogP contribution in [0.1, 0.15) is 20.8 Å². The fourth-order valence-corrected chi connectivity index (χ4v) is 2.18. The van der Waals surface area contributed by atoms with E-state index in [1.54, 1.807) is 4.90 Å². The van der Waals surface area contributed by atoms with Gasteiger partial charge in [0.05, 0.1) is 6.20 Å². The highest BCUT2D eigenvalue weighted by molar-refractivity contribution is 6.33. The van der Waals surface area contributed by atoms with E-state index in [1.807, 2.05) is 20.8 Å². The number of nitrogens with zero attached hydrogens (tertiary/aromatic N) is 3. The summed E-state index contributed by atoms with van der Waals surface area (Å²) in [5, 5.41) is 3.68. The van der Waals surface area contributed by atoms with Crippen molar-refractivity contribution in [1.29, 1.82) is 0 Å². The van der Waals surface area contributed by atoms with Gasteiger partial charge in [-0.05, 0) is 32.4 Å². The maximum Gasteiger partial charge on any atom is 0.410 e. The van der Waals surface area contributed by atoms with Gasteiger partial charge < -0.3 is 15.0 Å². The summed E-state index contributed by atoms with van der Waals surface area (Å²) in [4.78, 5) is 21.3. The van der Waals surface area contributed by atoms with Crippen LogP contribution in [0.2, 0.25) is 10.3 Å². The summed E-state index contributed by atoms with van der Waals surface area (Å²) in [7, 11) is 0. The smallest absolute Gasteiger partial charge is 0.410 e. The van der Waals surface area contributed by atoms with Crippen LogP contribution in [-0.2, 0) is 4.74 Å². The third-order valence-electron chi connectivity index (χ3n) is 2.88. The van der Waals surface area contributed by atoms with Crippen molar-refractivity contribution in [2.45, 2.75) is 26.4 Å². The van der Waals surface area contributed by atoms with E-state index in [-0.39, 0.29) is 11.4 Å². The number of carbonyl (C=O) groups excluding carboxylic acids is 1. The van der Waals surface area contributed by atoms with Crippen molar-refractivity contribution in [2.24, 2.45) is 5.92 Å². The highest BCUT2D eigenvalue weighted by atomic mass is 35.5. The second-order valence-corrected chi connectivity index (χ2v) is 6.71. The van der Waals surface area contributed by atoms with Gasteiger partial charge in [0, 0.05) is 25.6 Å². The highest BCUT2D eigenvalue weighted by Crippen LogP contribution is 2.23. The van der Waals surface area contributed by atoms with Gasteiger partial charge in [0.25, 0.3) is 0 Å². The Hall–Kier alpha value is -1.27. The summed E-state index contributed by atoms with van der Waals surface area (Å²) in [5.41, 5.74) is -0.467. The maximum absolute atomic E-state index is 11.8. The van der Waals surface area contributed by atoms with Crippen LogP contribution in [0.5, 0.6) is 0 Å². The number of amides is 1. The predicted molar refractivity (Wildman–Crippen MR) is 81.8 cm³/mol. The van der Waals surface area contributed by atoms with Crippen LogP contribution >= 0.6 is 23.2 Å². The van der Waals surface area contributed by atoms with Gasteiger partial charge in [-0.2, -0.15) is 4.98 Å². The number of hydrogen-bond donors (Lipinski definition) is 1. The molecule has 0 spiro atoms. The monoisotopic (exact) mass is 332 g/mol. The number of nitrogens with one attached hydrogen (secondary N) is 1. The molecule has 0 atom stereocenters. The first-order valence-corrected chi connectivity index (χ1v) is 7.40. The fraction of sp³-hybridized carbons (Fsp3) is 0.615. The van der Waals surface area contributed by atoms with Crippen LogP contribution < -0.4 is 5.32 Å². The molecule has 2 heterocycles. The molecule has 0 saturated carbocycles. The molecule has 1 aromatic rings. The van der Waals surface area contributed by atoms with Crippen molar-refractivity contribution in [3.63, 3.8) is 0 Å². The van der Waals surface area contributed by atoms with Crippen LogP contribution in [0, 0.1) is 5.92 Å². The van der Waals surface area contributed by atoms with Crippen LogP contribution in [0.15, 0.2) is 6.20 Å². The first-order valence-electron chi connectivity index (χ1n) is 6.64. The standard InChI is InChI=1S/C13H18Cl2N4O2/c1-13(2,3)21-12(20)19-6-8(7-19)4-16-10-9(14)5-17-11(15)18-10/h5,8H,4,6-7H2,1-3H3,(H,16,17,18). The third kappa shape index (κ3) is 4.61. The number of aromatic nitrogens is 2. The van der Waals surface area contributed by atoms with Gasteiger partial charge in [-0.1, -0.05) is 11.6 Å². The largest absolute Gasteiger partial charge is 0.444 e. The number of rotatable bonds is 3. The van der Waals surface area contributed by atoms with Crippen LogP contribution in [-0.4, -0.2) is 46.2 Å². The number of anilines is 1. The van der Waals surface area contributed by atoms with Crippen molar-refractivity contribution in [3.8, 4) is 0 Å². The average molecular weight is 333 g/mol. The normalized spacial score (nSPS) is 15.6. The van der Waals surface area contributed by atoms with Crippen molar-refractivity contribution in [2.75, 3.05) is 25.0 Å². The Labute approximate surface area is 133 Å². The Morgan fingerprint density at radius 2 is 2.14 bits per heavy atom. The second-order valence-electron chi connectivity index (χ2n) is 5.97. The molecule has 6 nitrogen and oxygen atoms in total. The first-order chi connectivity index (χ1) is 9.74. The Morgan fingerprint density at radius 1 is 1.48 bits per heavy atom.